The molecule has 0 radical (unpaired) electrons. The molecule has 1 aromatic heterocycles. The summed E-state index contributed by atoms with van der Waals surface area (Å²) in [6.45, 7) is 13.0. The van der Waals surface area contributed by atoms with E-state index in [2.05, 4.69) is 151 Å². The normalized spacial score (nSPS) is 11.9. The fourth-order valence-corrected chi connectivity index (χ4v) is 8.00. The SMILES string of the molecule is C=Cc1c(C=C)c2cccc(-c3cc(C(N=C)=NC(=NCc4ccccc4)c4ccccc4)cc(-c4cccc(-c5ccc6cccnc6c5)c4)c3)c2c2ccccc12. The number of hydrogen-bond acceptors (Lipinski definition) is 2. The summed E-state index contributed by atoms with van der Waals surface area (Å²) in [5.74, 6) is 1.06. The lowest BCUT2D eigenvalue weighted by Gasteiger charge is -2.18. The molecule has 280 valence electrons. The van der Waals surface area contributed by atoms with Crippen LogP contribution < -0.4 is 0 Å². The molecule has 0 atom stereocenters. The monoisotopic (exact) mass is 756 g/mol. The van der Waals surface area contributed by atoms with Gasteiger partial charge in [0.15, 0.2) is 11.7 Å². The summed E-state index contributed by atoms with van der Waals surface area (Å²) in [4.78, 5) is 19.4. The molecule has 0 unspecified atom stereocenters. The van der Waals surface area contributed by atoms with Gasteiger partial charge >= 0.3 is 0 Å². The highest BCUT2D eigenvalue weighted by atomic mass is 15.0. The fourth-order valence-electron chi connectivity index (χ4n) is 8.00. The first-order chi connectivity index (χ1) is 29.1. The van der Waals surface area contributed by atoms with Gasteiger partial charge in [-0.15, -0.1) is 0 Å². The van der Waals surface area contributed by atoms with Gasteiger partial charge in [0.05, 0.1) is 12.1 Å². The van der Waals surface area contributed by atoms with Crippen molar-refractivity contribution in [2.75, 3.05) is 0 Å². The third kappa shape index (κ3) is 7.32. The molecule has 0 saturated heterocycles. The zero-order valence-electron chi connectivity index (χ0n) is 32.6. The Kier molecular flexibility index (Phi) is 10.2. The molecule has 9 aromatic rings. The van der Waals surface area contributed by atoms with Gasteiger partial charge in [0.1, 0.15) is 0 Å². The number of aliphatic imine (C=N–C) groups is 3. The molecule has 0 N–H and O–H groups in total. The minimum absolute atomic E-state index is 0.475. The molecule has 0 fully saturated rings. The van der Waals surface area contributed by atoms with Gasteiger partial charge in [-0.3, -0.25) is 9.98 Å². The average Bonchev–Trinajstić information content (AvgIpc) is 3.31. The van der Waals surface area contributed by atoms with E-state index in [1.54, 1.807) is 0 Å². The van der Waals surface area contributed by atoms with E-state index in [0.29, 0.717) is 18.2 Å². The van der Waals surface area contributed by atoms with Gasteiger partial charge in [0.2, 0.25) is 0 Å². The van der Waals surface area contributed by atoms with E-state index in [9.17, 15) is 0 Å². The Labute approximate surface area is 344 Å². The summed E-state index contributed by atoms with van der Waals surface area (Å²) in [5, 5.41) is 5.64. The first-order valence-corrected chi connectivity index (χ1v) is 19.6. The predicted octanol–water partition coefficient (Wildman–Crippen LogP) is 13.9. The summed E-state index contributed by atoms with van der Waals surface area (Å²) in [7, 11) is 0. The molecular formula is C55H40N4. The minimum atomic E-state index is 0.475. The summed E-state index contributed by atoms with van der Waals surface area (Å²) < 4.78 is 0. The Balaban J connectivity index is 1.28. The van der Waals surface area contributed by atoms with Crippen molar-refractivity contribution in [3.05, 3.63) is 223 Å². The smallest absolute Gasteiger partial charge is 0.161 e. The zero-order valence-corrected chi connectivity index (χ0v) is 32.6. The highest BCUT2D eigenvalue weighted by Crippen LogP contribution is 2.41. The molecule has 0 aliphatic carbocycles. The molecule has 8 aromatic carbocycles. The number of aromatic nitrogens is 1. The van der Waals surface area contributed by atoms with Crippen LogP contribution in [-0.2, 0) is 6.54 Å². The quantitative estimate of drug-likeness (QED) is 0.0822. The van der Waals surface area contributed by atoms with E-state index in [4.69, 9.17) is 9.98 Å². The lowest BCUT2D eigenvalue weighted by atomic mass is 9.86. The Morgan fingerprint density at radius 2 is 1.15 bits per heavy atom. The van der Waals surface area contributed by atoms with E-state index in [1.165, 1.54) is 0 Å². The average molecular weight is 757 g/mol. The van der Waals surface area contributed by atoms with Gasteiger partial charge in [0, 0.05) is 22.7 Å². The summed E-state index contributed by atoms with van der Waals surface area (Å²) >= 11 is 0. The Hall–Kier alpha value is -7.82. The molecule has 59 heavy (non-hydrogen) atoms. The standard InChI is InChI=1S/C55H40N4/c1-4-46-47(5-2)50-27-15-26-48(53(50)51-25-13-12-24-49(46)51)44-32-43(41-22-14-21-40(31-41)42-29-28-38-23-16-30-57-52(38)35-42)33-45(34-44)54(56-3)59-55(39-19-10-7-11-20-39)58-36-37-17-8-6-9-18-37/h4-35H,1-3,36H2. The van der Waals surface area contributed by atoms with Gasteiger partial charge in [-0.25, -0.2) is 9.98 Å². The van der Waals surface area contributed by atoms with Crippen molar-refractivity contribution in [1.82, 2.24) is 4.98 Å². The van der Waals surface area contributed by atoms with Gasteiger partial charge in [-0.1, -0.05) is 165 Å². The van der Waals surface area contributed by atoms with Crippen LogP contribution in [0.1, 0.15) is 27.8 Å². The highest BCUT2D eigenvalue weighted by molar-refractivity contribution is 6.20. The minimum Gasteiger partial charge on any atom is -0.261 e. The van der Waals surface area contributed by atoms with Gasteiger partial charge < -0.3 is 0 Å². The van der Waals surface area contributed by atoms with Crippen molar-refractivity contribution >= 4 is 63.0 Å². The first-order valence-electron chi connectivity index (χ1n) is 19.6. The number of hydrogen-bond donors (Lipinski definition) is 0. The van der Waals surface area contributed by atoms with Crippen LogP contribution in [0.25, 0.3) is 78.0 Å². The highest BCUT2D eigenvalue weighted by Gasteiger charge is 2.18. The number of nitrogens with zero attached hydrogens (tertiary/aromatic N) is 4. The molecule has 9 rings (SSSR count). The van der Waals surface area contributed by atoms with E-state index in [0.717, 1.165) is 93.6 Å². The number of rotatable bonds is 9. The van der Waals surface area contributed by atoms with Crippen LogP contribution in [0.4, 0.5) is 0 Å². The van der Waals surface area contributed by atoms with Crippen LogP contribution in [-0.4, -0.2) is 23.4 Å². The molecule has 0 amide bonds. The first kappa shape index (κ1) is 36.8. The number of fused-ring (bicyclic) bond motifs is 4. The van der Waals surface area contributed by atoms with Crippen molar-refractivity contribution in [2.45, 2.75) is 6.54 Å². The summed E-state index contributed by atoms with van der Waals surface area (Å²) in [5.41, 5.74) is 12.3. The van der Waals surface area contributed by atoms with Crippen LogP contribution in [0.15, 0.2) is 210 Å². The molecule has 4 nitrogen and oxygen atoms in total. The molecule has 0 aliphatic heterocycles. The maximum atomic E-state index is 5.18. The predicted molar refractivity (Wildman–Crippen MR) is 252 cm³/mol. The molecule has 1 heterocycles. The van der Waals surface area contributed by atoms with E-state index in [-0.39, 0.29) is 0 Å². The Morgan fingerprint density at radius 3 is 1.93 bits per heavy atom. The number of benzene rings is 8. The largest absolute Gasteiger partial charge is 0.261 e. The Morgan fingerprint density at radius 1 is 0.508 bits per heavy atom. The number of pyridine rings is 1. The van der Waals surface area contributed by atoms with E-state index >= 15 is 0 Å². The molecule has 0 spiro atoms. The molecule has 0 aliphatic rings. The Bertz CT molecular complexity index is 3120. The van der Waals surface area contributed by atoms with Crippen molar-refractivity contribution in [2.24, 2.45) is 15.0 Å². The van der Waals surface area contributed by atoms with Crippen LogP contribution in [0.3, 0.4) is 0 Å². The van der Waals surface area contributed by atoms with Crippen molar-refractivity contribution < 1.29 is 0 Å². The lowest BCUT2D eigenvalue weighted by molar-refractivity contribution is 1.06. The van der Waals surface area contributed by atoms with Gasteiger partial charge in [-0.05, 0) is 115 Å². The second kappa shape index (κ2) is 16.3. The fraction of sp³-hybridized carbons (Fsp3) is 0.0182. The molecule has 0 bridgehead atoms. The van der Waals surface area contributed by atoms with Crippen LogP contribution in [0, 0.1) is 0 Å². The second-order valence-electron chi connectivity index (χ2n) is 14.4. The number of amidine groups is 2. The topological polar surface area (TPSA) is 50.0 Å². The third-order valence-corrected chi connectivity index (χ3v) is 10.8. The third-order valence-electron chi connectivity index (χ3n) is 10.8. The van der Waals surface area contributed by atoms with Crippen molar-refractivity contribution in [1.29, 1.82) is 0 Å². The van der Waals surface area contributed by atoms with E-state index in [1.807, 2.05) is 72.9 Å². The zero-order chi connectivity index (χ0) is 40.1. The summed E-state index contributed by atoms with van der Waals surface area (Å²) in [6.07, 6.45) is 5.72. The lowest BCUT2D eigenvalue weighted by Crippen LogP contribution is -2.06. The van der Waals surface area contributed by atoms with Crippen molar-refractivity contribution in [3.8, 4) is 33.4 Å². The molecule has 4 heteroatoms. The van der Waals surface area contributed by atoms with Crippen LogP contribution >= 0.6 is 0 Å². The van der Waals surface area contributed by atoms with E-state index < -0.39 is 0 Å². The van der Waals surface area contributed by atoms with Crippen LogP contribution in [0.5, 0.6) is 0 Å². The maximum absolute atomic E-state index is 5.18. The van der Waals surface area contributed by atoms with Crippen LogP contribution in [0.2, 0.25) is 0 Å². The second-order valence-corrected chi connectivity index (χ2v) is 14.4. The maximum Gasteiger partial charge on any atom is 0.161 e. The van der Waals surface area contributed by atoms with Gasteiger partial charge in [0.25, 0.3) is 0 Å². The van der Waals surface area contributed by atoms with Crippen molar-refractivity contribution in [3.63, 3.8) is 0 Å². The van der Waals surface area contributed by atoms with Gasteiger partial charge in [-0.2, -0.15) is 0 Å². The molecule has 0 saturated carbocycles. The molecular weight excluding hydrogens is 717 g/mol. The summed E-state index contributed by atoms with van der Waals surface area (Å²) in [6, 6.07) is 61.1.